The lowest BCUT2D eigenvalue weighted by molar-refractivity contribution is 0.0958. The number of nitrogens with one attached hydrogen (secondary N) is 2. The summed E-state index contributed by atoms with van der Waals surface area (Å²) in [4.78, 5) is 24.5. The Balaban J connectivity index is 1.77. The second-order valence-corrected chi connectivity index (χ2v) is 6.28. The van der Waals surface area contributed by atoms with Gasteiger partial charge in [-0.1, -0.05) is 13.3 Å². The summed E-state index contributed by atoms with van der Waals surface area (Å²) in [6.07, 6.45) is 5.04. The molecule has 0 bridgehead atoms. The van der Waals surface area contributed by atoms with Gasteiger partial charge in [-0.25, -0.2) is 9.97 Å². The number of hydrogen-bond donors (Lipinski definition) is 3. The molecule has 3 N–H and O–H groups in total. The number of aliphatic hydroxyl groups is 1. The fourth-order valence-electron chi connectivity index (χ4n) is 2.75. The van der Waals surface area contributed by atoms with E-state index in [1.165, 1.54) is 6.20 Å². The first kappa shape index (κ1) is 19.5. The van der Waals surface area contributed by atoms with Crippen LogP contribution in [0.4, 0.5) is 5.95 Å². The van der Waals surface area contributed by atoms with Crippen LogP contribution < -0.4 is 15.4 Å². The lowest BCUT2D eigenvalue weighted by atomic mass is 10.2. The van der Waals surface area contributed by atoms with Gasteiger partial charge in [0.05, 0.1) is 18.2 Å². The van der Waals surface area contributed by atoms with Crippen molar-refractivity contribution in [1.29, 1.82) is 0 Å². The Labute approximate surface area is 163 Å². The third-order valence-corrected chi connectivity index (χ3v) is 4.17. The molecule has 0 aliphatic rings. The maximum Gasteiger partial charge on any atom is 0.269 e. The van der Waals surface area contributed by atoms with E-state index in [-0.39, 0.29) is 24.2 Å². The van der Waals surface area contributed by atoms with Gasteiger partial charge >= 0.3 is 0 Å². The minimum Gasteiger partial charge on any atom is -0.457 e. The minimum absolute atomic E-state index is 0.0337. The molecule has 0 radical (unpaired) electrons. The number of carbonyl (C=O) groups excluding carboxylic acids is 1. The standard InChI is InChI=1S/C20H23N5O3/c1-3-4-14(12-26)24-20-23-11-13-9-15(5-6-17(13)25-20)28-16-7-8-22-18(10-16)19(27)21-2/h5-11,14,26H,3-4,12H2,1-2H3,(H,21,27)(H,23,24,25)/t14-/m0/s1. The van der Waals surface area contributed by atoms with Crippen LogP contribution in [-0.4, -0.2) is 45.7 Å². The molecule has 1 atom stereocenters. The molecule has 0 saturated carbocycles. The maximum absolute atomic E-state index is 11.7. The highest BCUT2D eigenvalue weighted by Crippen LogP contribution is 2.25. The van der Waals surface area contributed by atoms with E-state index in [1.807, 2.05) is 12.1 Å². The fourth-order valence-corrected chi connectivity index (χ4v) is 2.75. The molecule has 3 aromatic rings. The van der Waals surface area contributed by atoms with E-state index >= 15 is 0 Å². The molecule has 8 nitrogen and oxygen atoms in total. The zero-order chi connectivity index (χ0) is 19.9. The Kier molecular flexibility index (Phi) is 6.33. The highest BCUT2D eigenvalue weighted by Gasteiger charge is 2.10. The Bertz CT molecular complexity index is 963. The number of carbonyl (C=O) groups is 1. The van der Waals surface area contributed by atoms with Gasteiger partial charge in [0.15, 0.2) is 0 Å². The number of nitrogens with zero attached hydrogens (tertiary/aromatic N) is 3. The monoisotopic (exact) mass is 381 g/mol. The number of benzene rings is 1. The molecule has 0 aliphatic heterocycles. The van der Waals surface area contributed by atoms with Crippen molar-refractivity contribution in [3.63, 3.8) is 0 Å². The Morgan fingerprint density at radius 3 is 2.79 bits per heavy atom. The average molecular weight is 381 g/mol. The van der Waals surface area contributed by atoms with Crippen molar-refractivity contribution in [2.75, 3.05) is 19.0 Å². The number of fused-ring (bicyclic) bond motifs is 1. The quantitative estimate of drug-likeness (QED) is 0.550. The van der Waals surface area contributed by atoms with E-state index in [0.717, 1.165) is 23.7 Å². The zero-order valence-corrected chi connectivity index (χ0v) is 15.8. The van der Waals surface area contributed by atoms with Crippen LogP contribution in [0.3, 0.4) is 0 Å². The van der Waals surface area contributed by atoms with Crippen LogP contribution in [0.15, 0.2) is 42.7 Å². The molecule has 0 spiro atoms. The van der Waals surface area contributed by atoms with Crippen LogP contribution >= 0.6 is 0 Å². The number of hydrogen-bond acceptors (Lipinski definition) is 7. The van der Waals surface area contributed by atoms with Gasteiger partial charge < -0.3 is 20.5 Å². The SMILES string of the molecule is CCC[C@@H](CO)Nc1ncc2cc(Oc3ccnc(C(=O)NC)c3)ccc2n1. The van der Waals surface area contributed by atoms with Gasteiger partial charge in [0, 0.05) is 30.9 Å². The first-order valence-corrected chi connectivity index (χ1v) is 9.13. The Hall–Kier alpha value is -3.26. The van der Waals surface area contributed by atoms with Crippen molar-refractivity contribution >= 4 is 22.8 Å². The minimum atomic E-state index is -0.276. The molecule has 0 fully saturated rings. The van der Waals surface area contributed by atoms with Gasteiger partial charge in [0.1, 0.15) is 17.2 Å². The van der Waals surface area contributed by atoms with E-state index in [4.69, 9.17) is 4.74 Å². The maximum atomic E-state index is 11.7. The lowest BCUT2D eigenvalue weighted by Gasteiger charge is -2.15. The molecular weight excluding hydrogens is 358 g/mol. The predicted molar refractivity (Wildman–Crippen MR) is 107 cm³/mol. The van der Waals surface area contributed by atoms with Gasteiger partial charge in [0.25, 0.3) is 5.91 Å². The molecule has 2 aromatic heterocycles. The van der Waals surface area contributed by atoms with E-state index in [0.29, 0.717) is 17.4 Å². The second-order valence-electron chi connectivity index (χ2n) is 6.28. The smallest absolute Gasteiger partial charge is 0.269 e. The summed E-state index contributed by atoms with van der Waals surface area (Å²) in [5.74, 6) is 1.32. The van der Waals surface area contributed by atoms with Crippen LogP contribution in [0.1, 0.15) is 30.3 Å². The number of anilines is 1. The topological polar surface area (TPSA) is 109 Å². The molecule has 3 rings (SSSR count). The highest BCUT2D eigenvalue weighted by atomic mass is 16.5. The van der Waals surface area contributed by atoms with Gasteiger partial charge in [-0.05, 0) is 30.7 Å². The Morgan fingerprint density at radius 1 is 1.21 bits per heavy atom. The lowest BCUT2D eigenvalue weighted by Crippen LogP contribution is -2.24. The van der Waals surface area contributed by atoms with Crippen molar-refractivity contribution in [2.24, 2.45) is 0 Å². The zero-order valence-electron chi connectivity index (χ0n) is 15.8. The van der Waals surface area contributed by atoms with Crippen LogP contribution in [0.25, 0.3) is 10.9 Å². The van der Waals surface area contributed by atoms with Crippen LogP contribution in [0, 0.1) is 0 Å². The summed E-state index contributed by atoms with van der Waals surface area (Å²) in [6, 6.07) is 8.67. The van der Waals surface area contributed by atoms with E-state index in [2.05, 4.69) is 32.5 Å². The molecule has 0 saturated heterocycles. The molecule has 2 heterocycles. The Morgan fingerprint density at radius 2 is 2.04 bits per heavy atom. The molecule has 1 amide bonds. The van der Waals surface area contributed by atoms with Gasteiger partial charge in [-0.2, -0.15) is 0 Å². The molecule has 0 unspecified atom stereocenters. The number of amides is 1. The van der Waals surface area contributed by atoms with Gasteiger partial charge in [-0.3, -0.25) is 9.78 Å². The van der Waals surface area contributed by atoms with Gasteiger partial charge in [-0.15, -0.1) is 0 Å². The number of aliphatic hydroxyl groups excluding tert-OH is 1. The van der Waals surface area contributed by atoms with E-state index in [1.54, 1.807) is 31.4 Å². The first-order valence-electron chi connectivity index (χ1n) is 9.13. The summed E-state index contributed by atoms with van der Waals surface area (Å²) < 4.78 is 5.84. The molecular formula is C20H23N5O3. The van der Waals surface area contributed by atoms with Crippen molar-refractivity contribution in [1.82, 2.24) is 20.3 Å². The van der Waals surface area contributed by atoms with Crippen LogP contribution in [0.5, 0.6) is 11.5 Å². The molecule has 146 valence electrons. The summed E-state index contributed by atoms with van der Waals surface area (Å²) in [6.45, 7) is 2.10. The van der Waals surface area contributed by atoms with Crippen molar-refractivity contribution in [3.05, 3.63) is 48.4 Å². The second kappa shape index (κ2) is 9.09. The highest BCUT2D eigenvalue weighted by molar-refractivity contribution is 5.92. The molecule has 8 heteroatoms. The number of aromatic nitrogens is 3. The predicted octanol–water partition coefficient (Wildman–Crippen LogP) is 2.75. The fraction of sp³-hybridized carbons (Fsp3) is 0.300. The average Bonchev–Trinajstić information content (AvgIpc) is 2.73. The molecule has 28 heavy (non-hydrogen) atoms. The largest absolute Gasteiger partial charge is 0.457 e. The third kappa shape index (κ3) is 4.72. The molecule has 1 aromatic carbocycles. The number of rotatable bonds is 8. The molecule has 0 aliphatic carbocycles. The number of pyridine rings is 1. The summed E-state index contributed by atoms with van der Waals surface area (Å²) in [5.41, 5.74) is 1.05. The summed E-state index contributed by atoms with van der Waals surface area (Å²) in [5, 5.41) is 15.9. The van der Waals surface area contributed by atoms with E-state index in [9.17, 15) is 9.90 Å². The van der Waals surface area contributed by atoms with Crippen LogP contribution in [-0.2, 0) is 0 Å². The number of ether oxygens (including phenoxy) is 1. The van der Waals surface area contributed by atoms with Crippen molar-refractivity contribution in [2.45, 2.75) is 25.8 Å². The third-order valence-electron chi connectivity index (χ3n) is 4.17. The van der Waals surface area contributed by atoms with Crippen molar-refractivity contribution < 1.29 is 14.6 Å². The first-order chi connectivity index (χ1) is 13.6. The normalized spacial score (nSPS) is 11.8. The summed E-state index contributed by atoms with van der Waals surface area (Å²) >= 11 is 0. The van der Waals surface area contributed by atoms with Gasteiger partial charge in [0.2, 0.25) is 5.95 Å². The van der Waals surface area contributed by atoms with E-state index < -0.39 is 0 Å². The van der Waals surface area contributed by atoms with Crippen molar-refractivity contribution in [3.8, 4) is 11.5 Å². The van der Waals surface area contributed by atoms with Crippen LogP contribution in [0.2, 0.25) is 0 Å². The summed E-state index contributed by atoms with van der Waals surface area (Å²) in [7, 11) is 1.55.